The van der Waals surface area contributed by atoms with Gasteiger partial charge < -0.3 is 8.98 Å². The summed E-state index contributed by atoms with van der Waals surface area (Å²) < 4.78 is 124. The Labute approximate surface area is 318 Å². The lowest BCUT2D eigenvalue weighted by Crippen LogP contribution is -1.98. The first-order valence-electron chi connectivity index (χ1n) is 23.3. The summed E-state index contributed by atoms with van der Waals surface area (Å²) in [6.07, 6.45) is 0. The van der Waals surface area contributed by atoms with Crippen LogP contribution in [0, 0.1) is 0 Å². The van der Waals surface area contributed by atoms with E-state index in [9.17, 15) is 5.48 Å². The summed E-state index contributed by atoms with van der Waals surface area (Å²) in [6, 6.07) is 27.0. The van der Waals surface area contributed by atoms with Gasteiger partial charge in [0.25, 0.3) is 0 Å². The van der Waals surface area contributed by atoms with Crippen LogP contribution in [-0.2, 0) is 0 Å². The van der Waals surface area contributed by atoms with E-state index in [2.05, 4.69) is 28.8 Å². The van der Waals surface area contributed by atoms with E-state index in [1.54, 1.807) is 12.1 Å². The molecule has 11 rings (SSSR count). The van der Waals surface area contributed by atoms with Gasteiger partial charge in [-0.05, 0) is 79.7 Å². The first-order valence-corrected chi connectivity index (χ1v) is 16.8. The Kier molecular flexibility index (Phi) is 4.11. The van der Waals surface area contributed by atoms with Crippen LogP contribution in [0.1, 0.15) is 17.8 Å². The Morgan fingerprint density at radius 1 is 0.385 bits per heavy atom. The topological polar surface area (TPSA) is 18.1 Å². The molecule has 0 saturated heterocycles. The molecule has 0 amide bonds. The Balaban J connectivity index is 1.26. The molecule has 0 aliphatic carbocycles. The highest BCUT2D eigenvalue weighted by Gasteiger charge is 2.22. The number of hydrogen-bond donors (Lipinski definition) is 0. The smallest absolute Gasteiger partial charge is 0.137 e. The molecule has 0 aliphatic rings. The van der Waals surface area contributed by atoms with Crippen molar-refractivity contribution in [2.45, 2.75) is 0 Å². The number of aromatic nitrogens is 1. The summed E-state index contributed by atoms with van der Waals surface area (Å²) >= 11 is 0. The normalized spacial score (nSPS) is 15.3. The van der Waals surface area contributed by atoms with Gasteiger partial charge in [0.1, 0.15) is 11.2 Å². The maximum absolute atomic E-state index is 9.35. The van der Waals surface area contributed by atoms with E-state index >= 15 is 0 Å². The highest BCUT2D eigenvalue weighted by atomic mass is 16.3. The van der Waals surface area contributed by atoms with Crippen LogP contribution in [-0.4, -0.2) is 4.57 Å². The average Bonchev–Trinajstić information content (AvgIpc) is 3.88. The number of para-hydroxylation sites is 3. The minimum absolute atomic E-state index is 0.0653. The molecule has 0 N–H and O–H groups in total. The van der Waals surface area contributed by atoms with Crippen molar-refractivity contribution < 1.29 is 22.2 Å². The Bertz CT molecular complexity index is 3770. The number of nitrogens with zero attached hydrogens (tertiary/aromatic N) is 1. The van der Waals surface area contributed by atoms with Crippen LogP contribution in [0.2, 0.25) is 0 Å². The summed E-state index contributed by atoms with van der Waals surface area (Å²) in [4.78, 5) is 0. The zero-order chi connectivity index (χ0) is 45.5. The van der Waals surface area contributed by atoms with Crippen LogP contribution < -0.4 is 0 Å². The largest absolute Gasteiger partial charge is 0.456 e. The fourth-order valence-electron chi connectivity index (χ4n) is 7.78. The van der Waals surface area contributed by atoms with Gasteiger partial charge >= 0.3 is 0 Å². The maximum Gasteiger partial charge on any atom is 0.137 e. The molecule has 242 valence electrons. The molecule has 52 heavy (non-hydrogen) atoms. The van der Waals surface area contributed by atoms with Gasteiger partial charge in [0.15, 0.2) is 0 Å². The zero-order valence-electron chi connectivity index (χ0n) is 40.2. The van der Waals surface area contributed by atoms with Crippen molar-refractivity contribution in [3.63, 3.8) is 0 Å². The summed E-state index contributed by atoms with van der Waals surface area (Å²) in [7, 11) is 0. The minimum atomic E-state index is -0.717. The lowest BCUT2D eigenvalue weighted by Gasteiger charge is -2.18. The molecule has 0 fully saturated rings. The van der Waals surface area contributed by atoms with Crippen LogP contribution in [0.5, 0.6) is 0 Å². The molecule has 0 radical (unpaired) electrons. The summed E-state index contributed by atoms with van der Waals surface area (Å²) in [5.41, 5.74) is 5.44. The van der Waals surface area contributed by atoms with Crippen LogP contribution in [0.25, 0.3) is 104 Å². The predicted molar refractivity (Wildman–Crippen MR) is 219 cm³/mol. The predicted octanol–water partition coefficient (Wildman–Crippen LogP) is 14.0. The minimum Gasteiger partial charge on any atom is -0.456 e. The monoisotopic (exact) mass is 674 g/mol. The van der Waals surface area contributed by atoms with Gasteiger partial charge in [-0.25, -0.2) is 0 Å². The molecule has 0 aliphatic heterocycles. The van der Waals surface area contributed by atoms with E-state index in [1.807, 2.05) is 72.8 Å². The lowest BCUT2D eigenvalue weighted by molar-refractivity contribution is 0.669. The molecule has 0 atom stereocenters. The van der Waals surface area contributed by atoms with E-state index in [-0.39, 0.29) is 32.7 Å². The van der Waals surface area contributed by atoms with Crippen LogP contribution in [0.15, 0.2) is 192 Å². The quantitative estimate of drug-likeness (QED) is 0.170. The Hall–Kier alpha value is -6.90. The highest BCUT2D eigenvalue weighted by molar-refractivity contribution is 6.22. The van der Waals surface area contributed by atoms with Crippen molar-refractivity contribution in [2.24, 2.45) is 0 Å². The fraction of sp³-hybridized carbons (Fsp3) is 0. The van der Waals surface area contributed by atoms with Crippen molar-refractivity contribution in [3.05, 3.63) is 188 Å². The van der Waals surface area contributed by atoms with Crippen LogP contribution in [0.4, 0.5) is 0 Å². The number of rotatable bonds is 4. The molecule has 0 saturated carbocycles. The molecule has 11 aromatic rings. The van der Waals surface area contributed by atoms with Gasteiger partial charge in [0.05, 0.1) is 39.9 Å². The van der Waals surface area contributed by atoms with Crippen LogP contribution >= 0.6 is 0 Å². The standard InChI is InChI=1S/C50H31NO/c1-2-14-33(15-3-1)47-38-18-4-6-20-40(38)48(41-21-7-5-19-39(41)47)34-28-26-32(27-29-34)35-30-31-46-49(42-22-10-13-25-45(42)52-46)50(35)51-43-23-11-8-16-36(43)37-17-9-12-24-44(37)51/h1-31H/i1D,2D,3D,4D,5D,6D,7D,14D,15D,18D,19D,20D,21D. The Morgan fingerprint density at radius 3 is 1.50 bits per heavy atom. The SMILES string of the molecule is [2H]c1c([2H])c([2H])c(-c2c3c([2H])c([2H])c([2H])c([2H])c3c(-c3ccc(-c4ccc5oc6ccccc6c5c4-n4c5ccccc5c5ccccc54)cc3)c3c([2H])c([2H])c([2H])c([2H])c23)c([2H])c1[2H]. The lowest BCUT2D eigenvalue weighted by atomic mass is 9.85. The second kappa shape index (κ2) is 11.3. The third-order valence-electron chi connectivity index (χ3n) is 9.93. The Morgan fingerprint density at radius 2 is 0.885 bits per heavy atom. The number of hydrogen-bond acceptors (Lipinski definition) is 1. The zero-order valence-corrected chi connectivity index (χ0v) is 27.2. The number of fused-ring (bicyclic) bond motifs is 8. The first kappa shape index (κ1) is 18.9. The second-order valence-electron chi connectivity index (χ2n) is 12.6. The van der Waals surface area contributed by atoms with Gasteiger partial charge in [-0.2, -0.15) is 0 Å². The third-order valence-corrected chi connectivity index (χ3v) is 9.93. The molecule has 2 nitrogen and oxygen atoms in total. The molecule has 0 unspecified atom stereocenters. The second-order valence-corrected chi connectivity index (χ2v) is 12.6. The molecule has 0 bridgehead atoms. The first-order chi connectivity index (χ1) is 31.2. The maximum atomic E-state index is 9.35. The average molecular weight is 675 g/mol. The van der Waals surface area contributed by atoms with Crippen LogP contribution in [0.3, 0.4) is 0 Å². The van der Waals surface area contributed by atoms with Gasteiger partial charge in [-0.1, -0.05) is 157 Å². The van der Waals surface area contributed by atoms with Crippen molar-refractivity contribution >= 4 is 65.3 Å². The summed E-state index contributed by atoms with van der Waals surface area (Å²) in [6.45, 7) is 0. The van der Waals surface area contributed by atoms with E-state index < -0.39 is 84.1 Å². The van der Waals surface area contributed by atoms with E-state index in [1.165, 1.54) is 0 Å². The highest BCUT2D eigenvalue weighted by Crippen LogP contribution is 2.46. The van der Waals surface area contributed by atoms with Gasteiger partial charge in [0, 0.05) is 21.7 Å². The molecule has 0 spiro atoms. The fourth-order valence-corrected chi connectivity index (χ4v) is 7.78. The molecular weight excluding hydrogens is 631 g/mol. The molecule has 2 heteroatoms. The van der Waals surface area contributed by atoms with Gasteiger partial charge in [-0.15, -0.1) is 0 Å². The third kappa shape index (κ3) is 4.19. The van der Waals surface area contributed by atoms with Gasteiger partial charge in [-0.3, -0.25) is 0 Å². The number of benzene rings is 9. The molecule has 2 heterocycles. The summed E-state index contributed by atoms with van der Waals surface area (Å²) in [5.74, 6) is 0. The van der Waals surface area contributed by atoms with Crippen molar-refractivity contribution in [3.8, 4) is 39.1 Å². The van der Waals surface area contributed by atoms with E-state index in [0.717, 1.165) is 55.0 Å². The summed E-state index contributed by atoms with van der Waals surface area (Å²) in [5, 5.41) is 3.15. The molecule has 2 aromatic heterocycles. The van der Waals surface area contributed by atoms with E-state index in [4.69, 9.17) is 16.8 Å². The van der Waals surface area contributed by atoms with Crippen molar-refractivity contribution in [1.82, 2.24) is 4.57 Å². The van der Waals surface area contributed by atoms with Crippen molar-refractivity contribution in [2.75, 3.05) is 0 Å². The number of furan rings is 1. The molecular formula is C50H31NO. The van der Waals surface area contributed by atoms with Gasteiger partial charge in [0.2, 0.25) is 0 Å². The molecule has 9 aromatic carbocycles. The van der Waals surface area contributed by atoms with Crippen molar-refractivity contribution in [1.29, 1.82) is 0 Å². The van der Waals surface area contributed by atoms with E-state index in [0.29, 0.717) is 11.1 Å².